The zero-order valence-corrected chi connectivity index (χ0v) is 17.6. The topological polar surface area (TPSA) is 71.1 Å². The number of benzene rings is 2. The molecule has 0 aliphatic rings. The molecule has 0 fully saturated rings. The molecule has 2 rings (SSSR count). The molecule has 0 aromatic heterocycles. The Hall–Kier alpha value is -2.23. The van der Waals surface area contributed by atoms with Gasteiger partial charge in [0.25, 0.3) is 0 Å². The van der Waals surface area contributed by atoms with Gasteiger partial charge >= 0.3 is 169 Å². The number of carbonyl (C=O) groups excluding carboxylic acids is 2. The molecular weight excluding hydrogens is 464 g/mol. The SMILES string of the molecule is CCOC(=O)COc1ccc([Te]c2ccc(OCC(=O)OCC)cc2)cc1. The van der Waals surface area contributed by atoms with Crippen molar-refractivity contribution in [2.75, 3.05) is 26.4 Å². The standard InChI is InChI=1S/C20H22O6Te/c1-3-23-19(21)13-25-15-5-9-17(10-6-15)27-18-11-7-16(8-12-18)26-14-20(22)24-4-2/h5-12H,3-4,13-14H2,1-2H3. The second-order valence-corrected chi connectivity index (χ2v) is 8.51. The molecule has 0 unspecified atom stereocenters. The van der Waals surface area contributed by atoms with Gasteiger partial charge in [0.2, 0.25) is 0 Å². The Kier molecular flexibility index (Phi) is 8.96. The van der Waals surface area contributed by atoms with Crippen molar-refractivity contribution < 1.29 is 28.5 Å². The third-order valence-corrected chi connectivity index (χ3v) is 6.11. The molecule has 0 atom stereocenters. The Labute approximate surface area is 168 Å². The number of esters is 2. The molecule has 2 aromatic carbocycles. The fourth-order valence-electron chi connectivity index (χ4n) is 2.03. The van der Waals surface area contributed by atoms with Gasteiger partial charge in [0.1, 0.15) is 0 Å². The van der Waals surface area contributed by atoms with E-state index in [4.69, 9.17) is 18.9 Å². The van der Waals surface area contributed by atoms with Gasteiger partial charge in [-0.25, -0.2) is 0 Å². The molecule has 7 heteroatoms. The number of carbonyl (C=O) groups is 2. The van der Waals surface area contributed by atoms with Crippen LogP contribution in [0.5, 0.6) is 11.5 Å². The first-order valence-corrected chi connectivity index (χ1v) is 10.9. The summed E-state index contributed by atoms with van der Waals surface area (Å²) in [4.78, 5) is 22.6. The fraction of sp³-hybridized carbons (Fsp3) is 0.300. The van der Waals surface area contributed by atoms with E-state index in [1.807, 2.05) is 48.5 Å². The van der Waals surface area contributed by atoms with Crippen molar-refractivity contribution in [1.82, 2.24) is 0 Å². The first-order chi connectivity index (χ1) is 13.1. The fourth-order valence-corrected chi connectivity index (χ4v) is 4.36. The Morgan fingerprint density at radius 2 is 1.07 bits per heavy atom. The van der Waals surface area contributed by atoms with Crippen LogP contribution in [-0.4, -0.2) is 59.3 Å². The first kappa shape index (κ1) is 21.1. The van der Waals surface area contributed by atoms with Crippen molar-refractivity contribution in [2.45, 2.75) is 13.8 Å². The molecule has 0 saturated carbocycles. The average Bonchev–Trinajstić information content (AvgIpc) is 2.67. The predicted molar refractivity (Wildman–Crippen MR) is 102 cm³/mol. The summed E-state index contributed by atoms with van der Waals surface area (Å²) in [6, 6.07) is 15.5. The monoisotopic (exact) mass is 488 g/mol. The van der Waals surface area contributed by atoms with E-state index in [0.29, 0.717) is 24.7 Å². The van der Waals surface area contributed by atoms with Crippen molar-refractivity contribution >= 4 is 40.1 Å². The molecule has 27 heavy (non-hydrogen) atoms. The second-order valence-electron chi connectivity index (χ2n) is 5.23. The Bertz CT molecular complexity index is 664. The van der Waals surface area contributed by atoms with Crippen LogP contribution in [0.25, 0.3) is 0 Å². The van der Waals surface area contributed by atoms with Crippen LogP contribution in [0.4, 0.5) is 0 Å². The van der Waals surface area contributed by atoms with Crippen molar-refractivity contribution in [3.8, 4) is 11.5 Å². The van der Waals surface area contributed by atoms with Crippen LogP contribution in [-0.2, 0) is 19.1 Å². The van der Waals surface area contributed by atoms with Gasteiger partial charge in [-0.1, -0.05) is 0 Å². The van der Waals surface area contributed by atoms with Gasteiger partial charge in [-0.05, 0) is 0 Å². The van der Waals surface area contributed by atoms with Gasteiger partial charge in [0.05, 0.1) is 0 Å². The molecule has 6 nitrogen and oxygen atoms in total. The third kappa shape index (κ3) is 7.90. The van der Waals surface area contributed by atoms with Gasteiger partial charge in [-0.15, -0.1) is 0 Å². The van der Waals surface area contributed by atoms with Crippen LogP contribution in [0.3, 0.4) is 0 Å². The minimum absolute atomic E-state index is 0.0862. The molecule has 0 amide bonds. The van der Waals surface area contributed by atoms with Crippen LogP contribution in [0.15, 0.2) is 48.5 Å². The normalized spacial score (nSPS) is 10.1. The Morgan fingerprint density at radius 1 is 0.704 bits per heavy atom. The number of hydrogen-bond acceptors (Lipinski definition) is 6. The Morgan fingerprint density at radius 3 is 1.41 bits per heavy atom. The summed E-state index contributed by atoms with van der Waals surface area (Å²) in [5, 5.41) is 0. The Balaban J connectivity index is 1.82. The summed E-state index contributed by atoms with van der Waals surface area (Å²) >= 11 is -0.547. The predicted octanol–water partition coefficient (Wildman–Crippen LogP) is 1.23. The van der Waals surface area contributed by atoms with E-state index in [-0.39, 0.29) is 25.2 Å². The molecule has 144 valence electrons. The van der Waals surface area contributed by atoms with E-state index in [2.05, 4.69) is 0 Å². The molecule has 0 spiro atoms. The minimum atomic E-state index is -0.547. The molecule has 0 bridgehead atoms. The van der Waals surface area contributed by atoms with Crippen LogP contribution < -0.4 is 16.7 Å². The molecule has 0 saturated heterocycles. The van der Waals surface area contributed by atoms with Crippen LogP contribution in [0.2, 0.25) is 0 Å². The molecule has 0 N–H and O–H groups in total. The molecule has 2 aromatic rings. The number of hydrogen-bond donors (Lipinski definition) is 0. The zero-order valence-electron chi connectivity index (χ0n) is 15.3. The molecule has 0 radical (unpaired) electrons. The first-order valence-electron chi connectivity index (χ1n) is 8.55. The summed E-state index contributed by atoms with van der Waals surface area (Å²) in [5.74, 6) is 0.533. The van der Waals surface area contributed by atoms with E-state index in [9.17, 15) is 9.59 Å². The quantitative estimate of drug-likeness (QED) is 0.372. The van der Waals surface area contributed by atoms with Crippen molar-refractivity contribution in [2.24, 2.45) is 0 Å². The third-order valence-electron chi connectivity index (χ3n) is 3.21. The van der Waals surface area contributed by atoms with Crippen molar-refractivity contribution in [3.63, 3.8) is 0 Å². The van der Waals surface area contributed by atoms with Crippen LogP contribution in [0.1, 0.15) is 13.8 Å². The van der Waals surface area contributed by atoms with Crippen LogP contribution in [0, 0.1) is 0 Å². The van der Waals surface area contributed by atoms with Crippen molar-refractivity contribution in [1.29, 1.82) is 0 Å². The number of ether oxygens (including phenoxy) is 4. The summed E-state index contributed by atoms with van der Waals surface area (Å²) in [6.07, 6.45) is 0. The van der Waals surface area contributed by atoms with E-state index in [1.165, 1.54) is 7.22 Å². The van der Waals surface area contributed by atoms with Gasteiger partial charge < -0.3 is 0 Å². The zero-order chi connectivity index (χ0) is 19.5. The molecular formula is C20H22O6Te. The maximum atomic E-state index is 11.3. The second kappa shape index (κ2) is 11.5. The molecule has 0 heterocycles. The van der Waals surface area contributed by atoms with Gasteiger partial charge in [0.15, 0.2) is 0 Å². The van der Waals surface area contributed by atoms with E-state index in [0.717, 1.165) is 0 Å². The van der Waals surface area contributed by atoms with Gasteiger partial charge in [0, 0.05) is 0 Å². The van der Waals surface area contributed by atoms with E-state index >= 15 is 0 Å². The maximum absolute atomic E-state index is 11.3. The van der Waals surface area contributed by atoms with Gasteiger partial charge in [-0.3, -0.25) is 0 Å². The summed E-state index contributed by atoms with van der Waals surface area (Å²) in [6.45, 7) is 4.04. The summed E-state index contributed by atoms with van der Waals surface area (Å²) in [7, 11) is 0. The summed E-state index contributed by atoms with van der Waals surface area (Å²) < 4.78 is 22.9. The van der Waals surface area contributed by atoms with Gasteiger partial charge in [-0.2, -0.15) is 0 Å². The number of rotatable bonds is 10. The molecule has 0 aliphatic heterocycles. The summed E-state index contributed by atoms with van der Waals surface area (Å²) in [5.41, 5.74) is 0. The van der Waals surface area contributed by atoms with E-state index in [1.54, 1.807) is 13.8 Å². The van der Waals surface area contributed by atoms with Crippen LogP contribution >= 0.6 is 0 Å². The van der Waals surface area contributed by atoms with E-state index < -0.39 is 20.9 Å². The molecule has 0 aliphatic carbocycles. The average molecular weight is 486 g/mol. The van der Waals surface area contributed by atoms with Crippen molar-refractivity contribution in [3.05, 3.63) is 48.5 Å².